The molecule has 7 heteroatoms. The molecule has 0 atom stereocenters. The first-order chi connectivity index (χ1) is 16.9. The molecular formula is C28H24FN3O2S. The van der Waals surface area contributed by atoms with Gasteiger partial charge < -0.3 is 15.2 Å². The van der Waals surface area contributed by atoms with E-state index < -0.39 is 0 Å². The highest BCUT2D eigenvalue weighted by Gasteiger charge is 2.14. The van der Waals surface area contributed by atoms with Gasteiger partial charge in [-0.2, -0.15) is 0 Å². The van der Waals surface area contributed by atoms with Crippen LogP contribution in [-0.4, -0.2) is 22.2 Å². The number of phenols is 1. The van der Waals surface area contributed by atoms with Gasteiger partial charge >= 0.3 is 0 Å². The maximum absolute atomic E-state index is 13.9. The number of methoxy groups -OCH3 is 1. The minimum Gasteiger partial charge on any atom is -0.508 e. The average Bonchev–Trinajstić information content (AvgIpc) is 3.34. The van der Waals surface area contributed by atoms with Gasteiger partial charge in [0.05, 0.1) is 40.4 Å². The van der Waals surface area contributed by atoms with Crippen molar-refractivity contribution >= 4 is 27.2 Å². The smallest absolute Gasteiger partial charge is 0.126 e. The van der Waals surface area contributed by atoms with E-state index in [1.807, 2.05) is 36.7 Å². The topological polar surface area (TPSA) is 67.3 Å². The zero-order valence-electron chi connectivity index (χ0n) is 19.6. The molecule has 2 aromatic heterocycles. The fraction of sp³-hybridized carbons (Fsp3) is 0.143. The highest BCUT2D eigenvalue weighted by atomic mass is 32.1. The Morgan fingerprint density at radius 3 is 2.63 bits per heavy atom. The van der Waals surface area contributed by atoms with E-state index in [9.17, 15) is 9.50 Å². The quantitative estimate of drug-likeness (QED) is 0.268. The third kappa shape index (κ3) is 4.55. The van der Waals surface area contributed by atoms with Crippen LogP contribution in [0.15, 0.2) is 66.3 Å². The summed E-state index contributed by atoms with van der Waals surface area (Å²) in [6.45, 7) is 4.05. The van der Waals surface area contributed by atoms with Crippen LogP contribution in [0.5, 0.6) is 11.5 Å². The molecule has 0 aliphatic heterocycles. The van der Waals surface area contributed by atoms with E-state index in [0.717, 1.165) is 43.9 Å². The number of hydrogen-bond acceptors (Lipinski definition) is 6. The number of halogens is 1. The molecule has 0 radical (unpaired) electrons. The van der Waals surface area contributed by atoms with Crippen molar-refractivity contribution in [2.75, 3.05) is 12.4 Å². The van der Waals surface area contributed by atoms with E-state index in [0.29, 0.717) is 23.4 Å². The van der Waals surface area contributed by atoms with Gasteiger partial charge in [0, 0.05) is 23.2 Å². The van der Waals surface area contributed by atoms with Crippen molar-refractivity contribution in [1.29, 1.82) is 0 Å². The molecule has 0 aliphatic carbocycles. The van der Waals surface area contributed by atoms with Gasteiger partial charge in [-0.05, 0) is 79.1 Å². The first-order valence-corrected chi connectivity index (χ1v) is 12.0. The Morgan fingerprint density at radius 2 is 1.83 bits per heavy atom. The number of thiazole rings is 1. The van der Waals surface area contributed by atoms with Gasteiger partial charge in [0.25, 0.3) is 0 Å². The third-order valence-corrected chi connectivity index (χ3v) is 6.86. The minimum absolute atomic E-state index is 0.194. The second kappa shape index (κ2) is 9.35. The lowest BCUT2D eigenvalue weighted by Crippen LogP contribution is -2.02. The Hall–Kier alpha value is -3.97. The SMILES string of the molecule is COc1cc(CNc2cnc(-c3ccc(F)c(C)c3)c(-c3ccc4ncsc4c3)c2)cc(O)c1C. The molecular weight excluding hydrogens is 461 g/mol. The van der Waals surface area contributed by atoms with Crippen molar-refractivity contribution in [2.24, 2.45) is 0 Å². The molecule has 0 saturated heterocycles. The summed E-state index contributed by atoms with van der Waals surface area (Å²) >= 11 is 1.59. The molecule has 0 fully saturated rings. The van der Waals surface area contributed by atoms with Crippen LogP contribution in [0.1, 0.15) is 16.7 Å². The van der Waals surface area contributed by atoms with Crippen LogP contribution in [0.4, 0.5) is 10.1 Å². The van der Waals surface area contributed by atoms with Crippen LogP contribution in [-0.2, 0) is 6.54 Å². The summed E-state index contributed by atoms with van der Waals surface area (Å²) < 4.78 is 20.4. The number of ether oxygens (including phenoxy) is 1. The molecule has 0 saturated carbocycles. The second-order valence-electron chi connectivity index (χ2n) is 8.41. The number of hydrogen-bond donors (Lipinski definition) is 2. The Morgan fingerprint density at radius 1 is 1.00 bits per heavy atom. The van der Waals surface area contributed by atoms with Crippen molar-refractivity contribution < 1.29 is 14.2 Å². The summed E-state index contributed by atoms with van der Waals surface area (Å²) in [5, 5.41) is 13.6. The van der Waals surface area contributed by atoms with Crippen LogP contribution in [0.25, 0.3) is 32.6 Å². The molecule has 0 spiro atoms. The van der Waals surface area contributed by atoms with Gasteiger partial charge in [0.2, 0.25) is 0 Å². The van der Waals surface area contributed by atoms with Gasteiger partial charge in [-0.1, -0.05) is 6.07 Å². The lowest BCUT2D eigenvalue weighted by molar-refractivity contribution is 0.402. The third-order valence-electron chi connectivity index (χ3n) is 6.07. The summed E-state index contributed by atoms with van der Waals surface area (Å²) in [4.78, 5) is 9.15. The van der Waals surface area contributed by atoms with Gasteiger partial charge in [0.15, 0.2) is 0 Å². The Balaban J connectivity index is 1.54. The first-order valence-electron chi connectivity index (χ1n) is 11.1. The van der Waals surface area contributed by atoms with Crippen molar-refractivity contribution in [3.63, 3.8) is 0 Å². The average molecular weight is 486 g/mol. The molecule has 0 unspecified atom stereocenters. The van der Waals surface area contributed by atoms with E-state index in [-0.39, 0.29) is 11.6 Å². The Kier molecular flexibility index (Phi) is 6.09. The van der Waals surface area contributed by atoms with E-state index in [1.165, 1.54) is 6.07 Å². The highest BCUT2D eigenvalue weighted by molar-refractivity contribution is 7.16. The number of fused-ring (bicyclic) bond motifs is 1. The van der Waals surface area contributed by atoms with Gasteiger partial charge in [0.1, 0.15) is 17.3 Å². The first kappa shape index (κ1) is 22.8. The van der Waals surface area contributed by atoms with Crippen LogP contribution < -0.4 is 10.1 Å². The van der Waals surface area contributed by atoms with E-state index >= 15 is 0 Å². The van der Waals surface area contributed by atoms with Crippen LogP contribution in [0, 0.1) is 19.7 Å². The van der Waals surface area contributed by atoms with E-state index in [1.54, 1.807) is 43.7 Å². The van der Waals surface area contributed by atoms with Gasteiger partial charge in [-0.15, -0.1) is 11.3 Å². The van der Waals surface area contributed by atoms with Crippen LogP contribution in [0.3, 0.4) is 0 Å². The molecule has 35 heavy (non-hydrogen) atoms. The van der Waals surface area contributed by atoms with Crippen molar-refractivity contribution in [1.82, 2.24) is 9.97 Å². The number of pyridine rings is 1. The maximum Gasteiger partial charge on any atom is 0.126 e. The second-order valence-corrected chi connectivity index (χ2v) is 9.30. The molecule has 0 aliphatic rings. The van der Waals surface area contributed by atoms with Crippen molar-refractivity contribution in [2.45, 2.75) is 20.4 Å². The number of aryl methyl sites for hydroxylation is 1. The molecule has 5 nitrogen and oxygen atoms in total. The number of aromatic nitrogens is 2. The molecule has 3 aromatic carbocycles. The summed E-state index contributed by atoms with van der Waals surface area (Å²) in [6, 6.07) is 16.9. The summed E-state index contributed by atoms with van der Waals surface area (Å²) in [5.41, 5.74) is 9.33. The predicted molar refractivity (Wildman–Crippen MR) is 140 cm³/mol. The van der Waals surface area contributed by atoms with E-state index in [4.69, 9.17) is 9.72 Å². The zero-order chi connectivity index (χ0) is 24.5. The monoisotopic (exact) mass is 485 g/mol. The van der Waals surface area contributed by atoms with E-state index in [2.05, 4.69) is 22.4 Å². The lowest BCUT2D eigenvalue weighted by Gasteiger charge is -2.15. The summed E-state index contributed by atoms with van der Waals surface area (Å²) in [7, 11) is 1.59. The molecule has 176 valence electrons. The minimum atomic E-state index is -0.239. The standard InChI is InChI=1S/C28H24FN3O2S/c1-16-8-20(4-6-23(16)29)28-22(19-5-7-24-27(11-19)35-15-32-24)12-21(14-31-28)30-13-18-9-25(33)17(2)26(10-18)34-3/h4-12,14-15,30,33H,13H2,1-3H3. The van der Waals surface area contributed by atoms with Gasteiger partial charge in [-0.3, -0.25) is 4.98 Å². The highest BCUT2D eigenvalue weighted by Crippen LogP contribution is 2.35. The Labute approximate surface area is 206 Å². The fourth-order valence-electron chi connectivity index (χ4n) is 4.07. The number of phenolic OH excluding ortho intramolecular Hbond substituents is 1. The number of rotatable bonds is 6. The molecule has 5 aromatic rings. The molecule has 0 bridgehead atoms. The summed E-state index contributed by atoms with van der Waals surface area (Å²) in [6.07, 6.45) is 1.77. The largest absolute Gasteiger partial charge is 0.508 e. The molecule has 2 heterocycles. The predicted octanol–water partition coefficient (Wildman–Crippen LogP) is 7.11. The number of aromatic hydroxyl groups is 1. The molecule has 2 N–H and O–H groups in total. The van der Waals surface area contributed by atoms with Crippen molar-refractivity contribution in [3.8, 4) is 33.9 Å². The fourth-order valence-corrected chi connectivity index (χ4v) is 4.79. The number of benzene rings is 3. The van der Waals surface area contributed by atoms with Gasteiger partial charge in [-0.25, -0.2) is 9.37 Å². The number of nitrogens with one attached hydrogen (secondary N) is 1. The summed E-state index contributed by atoms with van der Waals surface area (Å²) in [5.74, 6) is 0.594. The molecule has 5 rings (SSSR count). The van der Waals surface area contributed by atoms with Crippen LogP contribution >= 0.6 is 11.3 Å². The van der Waals surface area contributed by atoms with Crippen LogP contribution in [0.2, 0.25) is 0 Å². The maximum atomic E-state index is 13.9. The molecule has 0 amide bonds. The number of nitrogens with zero attached hydrogens (tertiary/aromatic N) is 2. The zero-order valence-corrected chi connectivity index (χ0v) is 20.4. The normalized spacial score (nSPS) is 11.1. The van der Waals surface area contributed by atoms with Crippen molar-refractivity contribution in [3.05, 3.63) is 88.8 Å². The number of anilines is 1. The Bertz CT molecular complexity index is 1550. The lowest BCUT2D eigenvalue weighted by atomic mass is 9.97.